The van der Waals surface area contributed by atoms with Crippen LogP contribution in [0.1, 0.15) is 24.8 Å². The summed E-state index contributed by atoms with van der Waals surface area (Å²) in [6.45, 7) is 0.981. The number of carbonyl (C=O) groups is 2. The molecule has 1 atom stereocenters. The number of piperidine rings is 1. The second-order valence-electron chi connectivity index (χ2n) is 7.48. The summed E-state index contributed by atoms with van der Waals surface area (Å²) in [6.07, 6.45) is -3.06. The molecule has 3 rings (SSSR count). The van der Waals surface area contributed by atoms with Gasteiger partial charge < -0.3 is 10.2 Å². The van der Waals surface area contributed by atoms with Crippen LogP contribution < -0.4 is 5.32 Å². The van der Waals surface area contributed by atoms with Crippen LogP contribution in [0.2, 0.25) is 5.02 Å². The molecule has 28 heavy (non-hydrogen) atoms. The number of likely N-dealkylation sites (tertiary alicyclic amines) is 2. The minimum atomic E-state index is -4.45. The van der Waals surface area contributed by atoms with Gasteiger partial charge in [-0.15, -0.1) is 0 Å². The topological polar surface area (TPSA) is 52.7 Å². The summed E-state index contributed by atoms with van der Waals surface area (Å²) in [7, 11) is 0. The Hall–Kier alpha value is -1.80. The molecule has 1 aromatic rings. The van der Waals surface area contributed by atoms with E-state index in [-0.39, 0.29) is 24.9 Å². The number of benzene rings is 1. The molecule has 2 aliphatic heterocycles. The Morgan fingerprint density at radius 2 is 1.82 bits per heavy atom. The number of nitrogens with zero attached hydrogens (tertiary/aromatic N) is 2. The standard InChI is InChI=1S/C19H23ClF3N3O2/c20-15-3-1-13(2-4-15)10-25-7-5-16(6-8-25)24-18(28)14-9-17(27)26(11-14)12-19(21,22)23/h1-4,14,16H,5-12H2,(H,24,28)/t14-/m1/s1. The number of alkyl halides is 3. The van der Waals surface area contributed by atoms with Gasteiger partial charge in [0.2, 0.25) is 11.8 Å². The molecule has 5 nitrogen and oxygen atoms in total. The lowest BCUT2D eigenvalue weighted by molar-refractivity contribution is -0.157. The van der Waals surface area contributed by atoms with Gasteiger partial charge in [0.1, 0.15) is 6.54 Å². The average molecular weight is 418 g/mol. The molecule has 2 heterocycles. The van der Waals surface area contributed by atoms with Crippen LogP contribution in [0.15, 0.2) is 24.3 Å². The van der Waals surface area contributed by atoms with Gasteiger partial charge in [-0.1, -0.05) is 23.7 Å². The number of rotatable bonds is 5. The van der Waals surface area contributed by atoms with E-state index in [9.17, 15) is 22.8 Å². The molecule has 2 aliphatic rings. The molecule has 0 unspecified atom stereocenters. The second kappa shape index (κ2) is 8.69. The smallest absolute Gasteiger partial charge is 0.353 e. The average Bonchev–Trinajstić information content (AvgIpc) is 2.98. The van der Waals surface area contributed by atoms with Gasteiger partial charge in [0, 0.05) is 43.7 Å². The zero-order valence-electron chi connectivity index (χ0n) is 15.3. The lowest BCUT2D eigenvalue weighted by Gasteiger charge is -2.32. The third-order valence-corrected chi connectivity index (χ3v) is 5.46. The SMILES string of the molecule is O=C(NC1CCN(Cc2ccc(Cl)cc2)CC1)[C@@H]1CC(=O)N(CC(F)(F)F)C1. The van der Waals surface area contributed by atoms with Crippen LogP contribution in [0.3, 0.4) is 0 Å². The Kier molecular flexibility index (Phi) is 6.50. The Labute approximate surface area is 166 Å². The molecule has 2 fully saturated rings. The Bertz CT molecular complexity index is 703. The maximum absolute atomic E-state index is 12.5. The maximum Gasteiger partial charge on any atom is 0.406 e. The summed E-state index contributed by atoms with van der Waals surface area (Å²) < 4.78 is 37.5. The minimum Gasteiger partial charge on any atom is -0.353 e. The molecule has 2 saturated heterocycles. The Balaban J connectivity index is 1.42. The zero-order valence-corrected chi connectivity index (χ0v) is 16.1. The van der Waals surface area contributed by atoms with Gasteiger partial charge in [0.05, 0.1) is 5.92 Å². The van der Waals surface area contributed by atoms with E-state index in [2.05, 4.69) is 10.2 Å². The second-order valence-corrected chi connectivity index (χ2v) is 7.91. The monoisotopic (exact) mass is 417 g/mol. The molecule has 9 heteroatoms. The van der Waals surface area contributed by atoms with Crippen molar-refractivity contribution in [1.29, 1.82) is 0 Å². The molecule has 0 radical (unpaired) electrons. The van der Waals surface area contributed by atoms with Crippen molar-refractivity contribution < 1.29 is 22.8 Å². The van der Waals surface area contributed by atoms with Crippen molar-refractivity contribution in [1.82, 2.24) is 15.1 Å². The number of amides is 2. The first-order chi connectivity index (χ1) is 13.2. The highest BCUT2D eigenvalue weighted by atomic mass is 35.5. The van der Waals surface area contributed by atoms with Crippen molar-refractivity contribution in [3.05, 3.63) is 34.9 Å². The molecule has 0 aromatic heterocycles. The van der Waals surface area contributed by atoms with E-state index in [4.69, 9.17) is 11.6 Å². The van der Waals surface area contributed by atoms with Crippen molar-refractivity contribution in [2.45, 2.75) is 38.0 Å². The Morgan fingerprint density at radius 3 is 2.43 bits per heavy atom. The van der Waals surface area contributed by atoms with Crippen LogP contribution in [0, 0.1) is 5.92 Å². The number of carbonyl (C=O) groups excluding carboxylic acids is 2. The molecule has 1 N–H and O–H groups in total. The van der Waals surface area contributed by atoms with E-state index < -0.39 is 24.5 Å². The van der Waals surface area contributed by atoms with Gasteiger partial charge in [0.25, 0.3) is 0 Å². The van der Waals surface area contributed by atoms with Crippen LogP contribution in [-0.2, 0) is 16.1 Å². The molecule has 0 bridgehead atoms. The molecule has 154 valence electrons. The lowest BCUT2D eigenvalue weighted by Crippen LogP contribution is -2.46. The summed E-state index contributed by atoms with van der Waals surface area (Å²) in [5.41, 5.74) is 1.17. The highest BCUT2D eigenvalue weighted by Gasteiger charge is 2.41. The molecule has 1 aromatic carbocycles. The molecule has 0 spiro atoms. The molecular weight excluding hydrogens is 395 g/mol. The fourth-order valence-corrected chi connectivity index (χ4v) is 3.85. The number of nitrogens with one attached hydrogen (secondary N) is 1. The van der Waals surface area contributed by atoms with Crippen LogP contribution >= 0.6 is 11.6 Å². The summed E-state index contributed by atoms with van der Waals surface area (Å²) in [5.74, 6) is -1.65. The fraction of sp³-hybridized carbons (Fsp3) is 0.579. The van der Waals surface area contributed by atoms with Gasteiger partial charge >= 0.3 is 6.18 Å². The highest BCUT2D eigenvalue weighted by molar-refractivity contribution is 6.30. The van der Waals surface area contributed by atoms with E-state index >= 15 is 0 Å². The molecule has 0 saturated carbocycles. The summed E-state index contributed by atoms with van der Waals surface area (Å²) >= 11 is 5.89. The predicted molar refractivity (Wildman–Crippen MR) is 98.6 cm³/mol. The third kappa shape index (κ3) is 5.85. The van der Waals surface area contributed by atoms with Gasteiger partial charge in [-0.3, -0.25) is 14.5 Å². The minimum absolute atomic E-state index is 0.0132. The normalized spacial score (nSPS) is 21.9. The number of hydrogen-bond acceptors (Lipinski definition) is 3. The van der Waals surface area contributed by atoms with Gasteiger partial charge in [0.15, 0.2) is 0 Å². The maximum atomic E-state index is 12.5. The first-order valence-corrected chi connectivity index (χ1v) is 9.69. The highest BCUT2D eigenvalue weighted by Crippen LogP contribution is 2.24. The number of halogens is 4. The van der Waals surface area contributed by atoms with Crippen LogP contribution in [-0.4, -0.2) is 60.0 Å². The largest absolute Gasteiger partial charge is 0.406 e. The summed E-state index contributed by atoms with van der Waals surface area (Å²) in [6, 6.07) is 7.67. The summed E-state index contributed by atoms with van der Waals surface area (Å²) in [4.78, 5) is 27.1. The first kappa shape index (κ1) is 20.9. The van der Waals surface area contributed by atoms with Crippen LogP contribution in [0.25, 0.3) is 0 Å². The van der Waals surface area contributed by atoms with Crippen LogP contribution in [0.4, 0.5) is 13.2 Å². The van der Waals surface area contributed by atoms with E-state index in [0.717, 1.165) is 37.4 Å². The van der Waals surface area contributed by atoms with E-state index in [1.165, 1.54) is 5.56 Å². The predicted octanol–water partition coefficient (Wildman–Crippen LogP) is 2.83. The summed E-state index contributed by atoms with van der Waals surface area (Å²) in [5, 5.41) is 3.61. The molecule has 0 aliphatic carbocycles. The lowest BCUT2D eigenvalue weighted by atomic mass is 10.0. The zero-order chi connectivity index (χ0) is 20.3. The van der Waals surface area contributed by atoms with Gasteiger partial charge in [-0.05, 0) is 30.5 Å². The van der Waals surface area contributed by atoms with E-state index in [0.29, 0.717) is 5.02 Å². The fourth-order valence-electron chi connectivity index (χ4n) is 3.72. The van der Waals surface area contributed by atoms with E-state index in [1.54, 1.807) is 0 Å². The Morgan fingerprint density at radius 1 is 1.18 bits per heavy atom. The first-order valence-electron chi connectivity index (χ1n) is 9.31. The van der Waals surface area contributed by atoms with Gasteiger partial charge in [-0.2, -0.15) is 13.2 Å². The van der Waals surface area contributed by atoms with Crippen molar-refractivity contribution in [2.75, 3.05) is 26.2 Å². The quantitative estimate of drug-likeness (QED) is 0.801. The van der Waals surface area contributed by atoms with E-state index in [1.807, 2.05) is 24.3 Å². The van der Waals surface area contributed by atoms with Crippen molar-refractivity contribution in [3.8, 4) is 0 Å². The van der Waals surface area contributed by atoms with Crippen molar-refractivity contribution in [3.63, 3.8) is 0 Å². The van der Waals surface area contributed by atoms with Crippen molar-refractivity contribution >= 4 is 23.4 Å². The van der Waals surface area contributed by atoms with Crippen LogP contribution in [0.5, 0.6) is 0 Å². The number of hydrogen-bond donors (Lipinski definition) is 1. The van der Waals surface area contributed by atoms with Gasteiger partial charge in [-0.25, -0.2) is 0 Å². The van der Waals surface area contributed by atoms with Crippen molar-refractivity contribution in [2.24, 2.45) is 5.92 Å². The third-order valence-electron chi connectivity index (χ3n) is 5.21. The molecular formula is C19H23ClF3N3O2. The molecule has 2 amide bonds.